The summed E-state index contributed by atoms with van der Waals surface area (Å²) < 4.78 is 12.2. The Hall–Kier alpha value is -3.02. The summed E-state index contributed by atoms with van der Waals surface area (Å²) in [6, 6.07) is 9.02. The van der Waals surface area contributed by atoms with E-state index in [0.717, 1.165) is 80.1 Å². The Balaban J connectivity index is 1.19. The van der Waals surface area contributed by atoms with Gasteiger partial charge in [0.2, 0.25) is 11.8 Å². The zero-order chi connectivity index (χ0) is 32.1. The van der Waals surface area contributed by atoms with E-state index in [-0.39, 0.29) is 29.9 Å². The molecule has 3 saturated heterocycles. The molecule has 10 nitrogen and oxygen atoms in total. The average molecular weight is 639 g/mol. The van der Waals surface area contributed by atoms with Crippen molar-refractivity contribution < 1.29 is 18.8 Å². The van der Waals surface area contributed by atoms with E-state index in [2.05, 4.69) is 33.3 Å². The summed E-state index contributed by atoms with van der Waals surface area (Å²) >= 11 is 4.48. The number of aromatic nitrogens is 1. The molecule has 0 unspecified atom stereocenters. The van der Waals surface area contributed by atoms with Gasteiger partial charge in [0.25, 0.3) is 0 Å². The minimum Gasteiger partial charge on any atom is -0.401 e. The summed E-state index contributed by atoms with van der Waals surface area (Å²) in [5, 5.41) is 10.9. The third-order valence-corrected chi connectivity index (χ3v) is 10.1. The number of benzene rings is 1. The van der Waals surface area contributed by atoms with E-state index < -0.39 is 12.0 Å². The summed E-state index contributed by atoms with van der Waals surface area (Å²) in [4.78, 5) is 32.2. The van der Waals surface area contributed by atoms with Crippen molar-refractivity contribution in [3.8, 4) is 0 Å². The first-order valence-electron chi connectivity index (χ1n) is 16.6. The van der Waals surface area contributed by atoms with Crippen LogP contribution >= 0.6 is 12.6 Å². The first-order chi connectivity index (χ1) is 21.6. The third-order valence-electron chi connectivity index (χ3n) is 9.45. The van der Waals surface area contributed by atoms with Crippen molar-refractivity contribution in [1.82, 2.24) is 20.7 Å². The van der Waals surface area contributed by atoms with Crippen LogP contribution in [0.1, 0.15) is 95.1 Å². The highest BCUT2D eigenvalue weighted by Crippen LogP contribution is 2.33. The molecule has 0 radical (unpaired) electrons. The van der Waals surface area contributed by atoms with Gasteiger partial charge in [-0.1, -0.05) is 43.3 Å². The molecule has 0 spiro atoms. The number of likely N-dealkylation sites (tertiary alicyclic amines) is 1. The van der Waals surface area contributed by atoms with E-state index in [1.165, 1.54) is 0 Å². The van der Waals surface area contributed by atoms with Gasteiger partial charge in [0.15, 0.2) is 11.6 Å². The van der Waals surface area contributed by atoms with Gasteiger partial charge in [-0.15, -0.1) is 12.6 Å². The summed E-state index contributed by atoms with van der Waals surface area (Å²) in [5.74, 6) is 0.568. The average Bonchev–Trinajstić information content (AvgIpc) is 3.72. The molecule has 5 rings (SSSR count). The first kappa shape index (κ1) is 33.3. The number of thiol groups is 1. The Labute approximate surface area is 272 Å². The fourth-order valence-electron chi connectivity index (χ4n) is 6.77. The van der Waals surface area contributed by atoms with Crippen molar-refractivity contribution >= 4 is 35.2 Å². The van der Waals surface area contributed by atoms with E-state index in [1.807, 2.05) is 58.0 Å². The summed E-state index contributed by atoms with van der Waals surface area (Å²) in [5.41, 5.74) is 8.42. The molecule has 11 heteroatoms. The molecule has 246 valence electrons. The predicted octanol–water partition coefficient (Wildman–Crippen LogP) is 4.60. The number of ether oxygens (including phenoxy) is 1. The largest absolute Gasteiger partial charge is 0.401 e. The number of amides is 2. The molecule has 4 heterocycles. The second-order valence-corrected chi connectivity index (χ2v) is 13.6. The molecule has 2 amide bonds. The number of rotatable bonds is 10. The number of nitrogens with two attached hydrogens (primary N) is 1. The van der Waals surface area contributed by atoms with Gasteiger partial charge in [-0.05, 0) is 82.5 Å². The van der Waals surface area contributed by atoms with E-state index in [4.69, 9.17) is 15.0 Å². The number of piperidine rings is 2. The molecule has 0 aliphatic carbocycles. The Morgan fingerprint density at radius 3 is 2.36 bits per heavy atom. The van der Waals surface area contributed by atoms with Gasteiger partial charge < -0.3 is 35.4 Å². The second-order valence-electron chi connectivity index (χ2n) is 13.2. The highest BCUT2D eigenvalue weighted by molar-refractivity contribution is 7.90. The summed E-state index contributed by atoms with van der Waals surface area (Å²) in [6.07, 6.45) is 6.11. The van der Waals surface area contributed by atoms with Gasteiger partial charge in [-0.3, -0.25) is 9.59 Å². The molecule has 0 saturated carbocycles. The SMILES string of the molecule is C/C(N)=C(/S)c1ccc([C@H](C)NC(=O)[C@@H]2CCCN2C(=O)[C@@H](c2cc(N3CCC(OC4CCNCC4)CC3)no2)C(C)C)cc1. The van der Waals surface area contributed by atoms with Crippen molar-refractivity contribution in [3.63, 3.8) is 0 Å². The molecule has 3 fully saturated rings. The van der Waals surface area contributed by atoms with Gasteiger partial charge in [-0.2, -0.15) is 0 Å². The second kappa shape index (κ2) is 15.0. The molecule has 3 aliphatic rings. The van der Waals surface area contributed by atoms with Crippen LogP contribution in [0.5, 0.6) is 0 Å². The van der Waals surface area contributed by atoms with Crippen LogP contribution in [0, 0.1) is 5.92 Å². The quantitative estimate of drug-likeness (QED) is 0.279. The van der Waals surface area contributed by atoms with Crippen LogP contribution < -0.4 is 21.3 Å². The van der Waals surface area contributed by atoms with E-state index in [0.29, 0.717) is 30.5 Å². The van der Waals surface area contributed by atoms with Crippen molar-refractivity contribution in [3.05, 3.63) is 52.9 Å². The monoisotopic (exact) mass is 638 g/mol. The fourth-order valence-corrected chi connectivity index (χ4v) is 6.92. The van der Waals surface area contributed by atoms with Crippen LogP contribution in [0.4, 0.5) is 5.82 Å². The highest BCUT2D eigenvalue weighted by atomic mass is 32.1. The smallest absolute Gasteiger partial charge is 0.243 e. The number of carbonyl (C=O) groups excluding carboxylic acids is 2. The zero-order valence-electron chi connectivity index (χ0n) is 27.1. The molecule has 0 bridgehead atoms. The fraction of sp³-hybridized carbons (Fsp3) is 0.618. The molecular formula is C34H50N6O4S. The molecule has 2 aromatic rings. The molecule has 3 atom stereocenters. The lowest BCUT2D eigenvalue weighted by Gasteiger charge is -2.34. The Morgan fingerprint density at radius 1 is 1.04 bits per heavy atom. The van der Waals surface area contributed by atoms with Gasteiger partial charge >= 0.3 is 0 Å². The van der Waals surface area contributed by atoms with Gasteiger partial charge in [-0.25, -0.2) is 0 Å². The normalized spacial score (nSPS) is 22.0. The number of nitrogens with one attached hydrogen (secondary N) is 2. The van der Waals surface area contributed by atoms with Crippen molar-refractivity contribution in [1.29, 1.82) is 0 Å². The molecule has 4 N–H and O–H groups in total. The lowest BCUT2D eigenvalue weighted by atomic mass is 9.91. The van der Waals surface area contributed by atoms with E-state index in [1.54, 1.807) is 4.90 Å². The first-order valence-corrected chi connectivity index (χ1v) is 17.0. The van der Waals surface area contributed by atoms with Crippen molar-refractivity contribution in [2.45, 2.75) is 96.4 Å². The maximum absolute atomic E-state index is 14.0. The predicted molar refractivity (Wildman–Crippen MR) is 180 cm³/mol. The summed E-state index contributed by atoms with van der Waals surface area (Å²) in [7, 11) is 0. The van der Waals surface area contributed by atoms with Crippen molar-refractivity contribution in [2.75, 3.05) is 37.6 Å². The van der Waals surface area contributed by atoms with E-state index in [9.17, 15) is 9.59 Å². The molecule has 1 aromatic heterocycles. The lowest BCUT2D eigenvalue weighted by Crippen LogP contribution is -2.48. The van der Waals surface area contributed by atoms with Gasteiger partial charge in [0, 0.05) is 36.3 Å². The Morgan fingerprint density at radius 2 is 1.71 bits per heavy atom. The number of hydrogen-bond donors (Lipinski definition) is 4. The standard InChI is InChI=1S/C34H50N6O4S/c1-21(2)31(29-20-30(38-44-29)39-18-13-27(14-19-39)43-26-11-15-36-16-12-26)34(42)40-17-5-6-28(40)33(41)37-23(4)24-7-9-25(10-8-24)32(45)22(3)35/h7-10,20-21,23,26-28,31,36,45H,5-6,11-19,35H2,1-4H3,(H,37,41)/b32-22-/t23-,28-,31+/m0/s1. The van der Waals surface area contributed by atoms with Crippen LogP contribution in [-0.4, -0.2) is 72.8 Å². The number of allylic oxidation sites excluding steroid dienone is 1. The minimum atomic E-state index is -0.520. The van der Waals surface area contributed by atoms with Gasteiger partial charge in [0.05, 0.1) is 18.2 Å². The highest BCUT2D eigenvalue weighted by Gasteiger charge is 2.40. The molecule has 3 aliphatic heterocycles. The minimum absolute atomic E-state index is 0.0212. The number of nitrogens with zero attached hydrogens (tertiary/aromatic N) is 3. The van der Waals surface area contributed by atoms with Crippen molar-refractivity contribution in [2.24, 2.45) is 11.7 Å². The summed E-state index contributed by atoms with van der Waals surface area (Å²) in [6.45, 7) is 12.1. The Bertz CT molecular complexity index is 1330. The zero-order valence-corrected chi connectivity index (χ0v) is 28.0. The van der Waals surface area contributed by atoms with E-state index >= 15 is 0 Å². The number of hydrogen-bond acceptors (Lipinski definition) is 9. The maximum Gasteiger partial charge on any atom is 0.243 e. The molecule has 45 heavy (non-hydrogen) atoms. The topological polar surface area (TPSA) is 126 Å². The van der Waals surface area contributed by atoms with Crippen LogP contribution in [0.25, 0.3) is 4.91 Å². The Kier molecular flexibility index (Phi) is 11.1. The van der Waals surface area contributed by atoms with Crippen LogP contribution in [0.3, 0.4) is 0 Å². The number of carbonyl (C=O) groups is 2. The lowest BCUT2D eigenvalue weighted by molar-refractivity contribution is -0.141. The molecular weight excluding hydrogens is 588 g/mol. The van der Waals surface area contributed by atoms with Crippen LogP contribution in [0.2, 0.25) is 0 Å². The third kappa shape index (κ3) is 8.04. The number of anilines is 1. The van der Waals surface area contributed by atoms with Crippen LogP contribution in [0.15, 0.2) is 40.6 Å². The molecule has 1 aromatic carbocycles. The maximum atomic E-state index is 14.0. The van der Waals surface area contributed by atoms with Gasteiger partial charge in [0.1, 0.15) is 12.0 Å². The van der Waals surface area contributed by atoms with Crippen LogP contribution in [-0.2, 0) is 14.3 Å².